The molecule has 0 aliphatic carbocycles. The number of aliphatic hydroxyl groups is 2. The van der Waals surface area contributed by atoms with Crippen molar-refractivity contribution in [1.82, 2.24) is 10.2 Å². The van der Waals surface area contributed by atoms with Crippen LogP contribution in [-0.4, -0.2) is 58.9 Å². The summed E-state index contributed by atoms with van der Waals surface area (Å²) in [4.78, 5) is 13.7. The van der Waals surface area contributed by atoms with Gasteiger partial charge >= 0.3 is 0 Å². The maximum atomic E-state index is 12.0. The summed E-state index contributed by atoms with van der Waals surface area (Å²) in [5.74, 6) is 0.286. The van der Waals surface area contributed by atoms with Crippen molar-refractivity contribution in [2.24, 2.45) is 5.92 Å². The molecule has 0 spiro atoms. The minimum absolute atomic E-state index is 0.0162. The predicted molar refractivity (Wildman–Crippen MR) is 58.8 cm³/mol. The lowest BCUT2D eigenvalue weighted by Crippen LogP contribution is -2.51. The highest BCUT2D eigenvalue weighted by Crippen LogP contribution is 2.19. The van der Waals surface area contributed by atoms with Gasteiger partial charge in [0.1, 0.15) is 0 Å². The van der Waals surface area contributed by atoms with Gasteiger partial charge in [-0.25, -0.2) is 0 Å². The Labute approximate surface area is 95.4 Å². The molecule has 0 saturated carbocycles. The van der Waals surface area contributed by atoms with Crippen molar-refractivity contribution < 1.29 is 15.0 Å². The Morgan fingerprint density at radius 1 is 1.44 bits per heavy atom. The molecule has 5 nitrogen and oxygen atoms in total. The van der Waals surface area contributed by atoms with E-state index in [1.807, 2.05) is 6.92 Å². The van der Waals surface area contributed by atoms with Gasteiger partial charge in [0.25, 0.3) is 0 Å². The first-order valence-corrected chi connectivity index (χ1v) is 5.96. The van der Waals surface area contributed by atoms with Crippen molar-refractivity contribution in [3.63, 3.8) is 0 Å². The molecular weight excluding hydrogens is 208 g/mol. The molecule has 2 fully saturated rings. The lowest BCUT2D eigenvalue weighted by Gasteiger charge is -2.35. The Balaban J connectivity index is 1.90. The highest BCUT2D eigenvalue weighted by molar-refractivity contribution is 5.82. The SMILES string of the molecule is CC1CCN(C(=O)C2CC(O)CN2)CC1O. The zero-order valence-electron chi connectivity index (χ0n) is 9.59. The van der Waals surface area contributed by atoms with Crippen LogP contribution in [0.1, 0.15) is 19.8 Å². The van der Waals surface area contributed by atoms with Gasteiger partial charge in [-0.2, -0.15) is 0 Å². The standard InChI is InChI=1S/C11H20N2O3/c1-7-2-3-13(6-10(7)15)11(16)9-4-8(14)5-12-9/h7-10,12,14-15H,2-6H2,1H3. The average Bonchev–Trinajstić information content (AvgIpc) is 2.68. The van der Waals surface area contributed by atoms with Crippen molar-refractivity contribution in [1.29, 1.82) is 0 Å². The van der Waals surface area contributed by atoms with Crippen LogP contribution in [0.2, 0.25) is 0 Å². The van der Waals surface area contributed by atoms with Crippen LogP contribution in [-0.2, 0) is 4.79 Å². The molecular formula is C11H20N2O3. The van der Waals surface area contributed by atoms with Crippen LogP contribution in [0.3, 0.4) is 0 Å². The quantitative estimate of drug-likeness (QED) is 0.535. The molecule has 2 heterocycles. The fourth-order valence-electron chi connectivity index (χ4n) is 2.37. The fourth-order valence-corrected chi connectivity index (χ4v) is 2.37. The van der Waals surface area contributed by atoms with Crippen LogP contribution in [0.4, 0.5) is 0 Å². The average molecular weight is 228 g/mol. The Kier molecular flexibility index (Phi) is 3.47. The number of rotatable bonds is 1. The monoisotopic (exact) mass is 228 g/mol. The summed E-state index contributed by atoms with van der Waals surface area (Å²) in [7, 11) is 0. The van der Waals surface area contributed by atoms with Crippen molar-refractivity contribution in [2.45, 2.75) is 38.0 Å². The summed E-state index contributed by atoms with van der Waals surface area (Å²) >= 11 is 0. The first kappa shape index (κ1) is 11.8. The predicted octanol–water partition coefficient (Wildman–Crippen LogP) is -1.06. The van der Waals surface area contributed by atoms with Crippen molar-refractivity contribution in [3.8, 4) is 0 Å². The summed E-state index contributed by atoms with van der Waals surface area (Å²) in [6.07, 6.45) is 0.509. The van der Waals surface area contributed by atoms with E-state index in [2.05, 4.69) is 5.32 Å². The van der Waals surface area contributed by atoms with E-state index in [0.29, 0.717) is 26.1 Å². The second-order valence-electron chi connectivity index (χ2n) is 4.97. The molecule has 92 valence electrons. The van der Waals surface area contributed by atoms with E-state index >= 15 is 0 Å². The van der Waals surface area contributed by atoms with Gasteiger partial charge < -0.3 is 20.4 Å². The summed E-state index contributed by atoms with van der Waals surface area (Å²) in [6.45, 7) is 3.63. The van der Waals surface area contributed by atoms with Gasteiger partial charge in [-0.1, -0.05) is 6.92 Å². The minimum atomic E-state index is -0.414. The Bertz CT molecular complexity index is 272. The summed E-state index contributed by atoms with van der Waals surface area (Å²) in [5, 5.41) is 22.1. The van der Waals surface area contributed by atoms with Gasteiger partial charge in [-0.15, -0.1) is 0 Å². The molecule has 0 aromatic heterocycles. The molecule has 2 aliphatic rings. The number of hydrogen-bond donors (Lipinski definition) is 3. The number of amides is 1. The minimum Gasteiger partial charge on any atom is -0.392 e. The number of hydrogen-bond acceptors (Lipinski definition) is 4. The molecule has 0 bridgehead atoms. The molecule has 5 heteroatoms. The highest BCUT2D eigenvalue weighted by atomic mass is 16.3. The summed E-state index contributed by atoms with van der Waals surface area (Å²) in [5.41, 5.74) is 0. The zero-order chi connectivity index (χ0) is 11.7. The maximum absolute atomic E-state index is 12.0. The molecule has 2 rings (SSSR count). The van der Waals surface area contributed by atoms with E-state index in [4.69, 9.17) is 0 Å². The third-order valence-electron chi connectivity index (χ3n) is 3.64. The van der Waals surface area contributed by atoms with Gasteiger partial charge in [0.2, 0.25) is 5.91 Å². The Hall–Kier alpha value is -0.650. The molecule has 1 amide bonds. The Morgan fingerprint density at radius 2 is 2.19 bits per heavy atom. The zero-order valence-corrected chi connectivity index (χ0v) is 9.59. The Morgan fingerprint density at radius 3 is 2.75 bits per heavy atom. The number of nitrogens with zero attached hydrogens (tertiary/aromatic N) is 1. The fraction of sp³-hybridized carbons (Fsp3) is 0.909. The first-order chi connectivity index (χ1) is 7.58. The third-order valence-corrected chi connectivity index (χ3v) is 3.64. The molecule has 4 unspecified atom stereocenters. The van der Waals surface area contributed by atoms with Crippen LogP contribution < -0.4 is 5.32 Å². The number of carbonyl (C=O) groups is 1. The molecule has 0 radical (unpaired) electrons. The van der Waals surface area contributed by atoms with Crippen LogP contribution in [0.25, 0.3) is 0 Å². The van der Waals surface area contributed by atoms with Crippen molar-refractivity contribution >= 4 is 5.91 Å². The van der Waals surface area contributed by atoms with Gasteiger partial charge in [-0.3, -0.25) is 4.79 Å². The van der Waals surface area contributed by atoms with Gasteiger partial charge in [-0.05, 0) is 18.8 Å². The van der Waals surface area contributed by atoms with E-state index in [-0.39, 0.29) is 17.9 Å². The molecule has 0 aromatic carbocycles. The van der Waals surface area contributed by atoms with E-state index < -0.39 is 12.2 Å². The van der Waals surface area contributed by atoms with E-state index in [1.54, 1.807) is 4.90 Å². The third kappa shape index (κ3) is 2.36. The summed E-state index contributed by atoms with van der Waals surface area (Å²) in [6, 6.07) is -0.268. The highest BCUT2D eigenvalue weighted by Gasteiger charge is 2.34. The lowest BCUT2D eigenvalue weighted by atomic mass is 9.95. The second-order valence-corrected chi connectivity index (χ2v) is 4.97. The number of aliphatic hydroxyl groups excluding tert-OH is 2. The van der Waals surface area contributed by atoms with Crippen molar-refractivity contribution in [2.75, 3.05) is 19.6 Å². The van der Waals surface area contributed by atoms with E-state index in [1.165, 1.54) is 0 Å². The molecule has 2 saturated heterocycles. The molecule has 2 aliphatic heterocycles. The number of carbonyl (C=O) groups excluding carboxylic acids is 1. The molecule has 4 atom stereocenters. The number of piperidine rings is 1. The number of likely N-dealkylation sites (tertiary alicyclic amines) is 1. The topological polar surface area (TPSA) is 72.8 Å². The summed E-state index contributed by atoms with van der Waals surface area (Å²) < 4.78 is 0. The molecule has 0 aromatic rings. The number of nitrogens with one attached hydrogen (secondary N) is 1. The smallest absolute Gasteiger partial charge is 0.239 e. The second kappa shape index (κ2) is 4.69. The van der Waals surface area contributed by atoms with Crippen LogP contribution >= 0.6 is 0 Å². The normalized spacial score (nSPS) is 40.1. The first-order valence-electron chi connectivity index (χ1n) is 5.96. The van der Waals surface area contributed by atoms with E-state index in [0.717, 1.165) is 6.42 Å². The lowest BCUT2D eigenvalue weighted by molar-refractivity contribution is -0.137. The van der Waals surface area contributed by atoms with Crippen LogP contribution in [0.15, 0.2) is 0 Å². The van der Waals surface area contributed by atoms with Crippen molar-refractivity contribution in [3.05, 3.63) is 0 Å². The van der Waals surface area contributed by atoms with Crippen LogP contribution in [0, 0.1) is 5.92 Å². The molecule has 3 N–H and O–H groups in total. The largest absolute Gasteiger partial charge is 0.392 e. The van der Waals surface area contributed by atoms with E-state index in [9.17, 15) is 15.0 Å². The van der Waals surface area contributed by atoms with Crippen LogP contribution in [0.5, 0.6) is 0 Å². The molecule has 16 heavy (non-hydrogen) atoms. The number of β-amino-alcohol motifs (C(OH)–C–C–N with tert-alkyl or cyclic N) is 2. The maximum Gasteiger partial charge on any atom is 0.239 e. The van der Waals surface area contributed by atoms with Gasteiger partial charge in [0.05, 0.1) is 18.2 Å². The van der Waals surface area contributed by atoms with Gasteiger partial charge in [0, 0.05) is 19.6 Å². The van der Waals surface area contributed by atoms with Gasteiger partial charge in [0.15, 0.2) is 0 Å².